The van der Waals surface area contributed by atoms with Crippen LogP contribution in [0, 0.1) is 35.7 Å². The summed E-state index contributed by atoms with van der Waals surface area (Å²) >= 11 is 0. The maximum absolute atomic E-state index is 12.2. The third-order valence-electron chi connectivity index (χ3n) is 2.69. The number of hydrogen-bond acceptors (Lipinski definition) is 5. The number of benzene rings is 2. The molecule has 0 aromatic heterocycles. The van der Waals surface area contributed by atoms with Crippen LogP contribution in [0.4, 0.5) is 0 Å². The van der Waals surface area contributed by atoms with Gasteiger partial charge in [0.15, 0.2) is 0 Å². The van der Waals surface area contributed by atoms with Crippen LogP contribution in [0.5, 0.6) is 5.75 Å². The minimum atomic E-state index is -4.06. The van der Waals surface area contributed by atoms with Crippen molar-refractivity contribution in [3.8, 4) is 17.9 Å². The molecule has 107 valence electrons. The molecule has 22 heavy (non-hydrogen) atoms. The summed E-state index contributed by atoms with van der Waals surface area (Å²) in [5, 5.41) is 17.9. The van der Waals surface area contributed by atoms with Crippen molar-refractivity contribution in [2.75, 3.05) is 0 Å². The van der Waals surface area contributed by atoms with Crippen molar-refractivity contribution >= 4 is 10.1 Å². The van der Waals surface area contributed by atoms with E-state index in [2.05, 4.69) is 6.07 Å². The number of hydrogen-bond donors (Lipinski definition) is 0. The smallest absolute Gasteiger partial charge is 0.337 e. The molecule has 0 spiro atoms. The van der Waals surface area contributed by atoms with Crippen molar-refractivity contribution < 1.29 is 45.3 Å². The Morgan fingerprint density at radius 1 is 1.09 bits per heavy atom. The Balaban J connectivity index is 0.00000242. The summed E-state index contributed by atoms with van der Waals surface area (Å²) in [7, 11) is -4.06. The van der Waals surface area contributed by atoms with E-state index in [-0.39, 0.29) is 54.5 Å². The third kappa shape index (κ3) is 3.92. The van der Waals surface area contributed by atoms with Crippen LogP contribution in [0.2, 0.25) is 0 Å². The van der Waals surface area contributed by atoms with Gasteiger partial charge in [0, 0.05) is 38.3 Å². The average Bonchev–Trinajstić information content (AvgIpc) is 2.47. The third-order valence-corrected chi connectivity index (χ3v) is 3.94. The molecule has 5 nitrogen and oxygen atoms in total. The first-order valence-electron chi connectivity index (χ1n) is 5.84. The predicted molar refractivity (Wildman–Crippen MR) is 73.7 cm³/mol. The van der Waals surface area contributed by atoms with Crippen molar-refractivity contribution in [2.45, 2.75) is 11.8 Å². The summed E-state index contributed by atoms with van der Waals surface area (Å²) in [6.07, 6.45) is 0. The molecule has 0 saturated carbocycles. The van der Waals surface area contributed by atoms with Gasteiger partial charge in [-0.2, -0.15) is 8.42 Å². The van der Waals surface area contributed by atoms with E-state index in [1.807, 2.05) is 6.92 Å². The van der Waals surface area contributed by atoms with Crippen LogP contribution in [0.1, 0.15) is 16.7 Å². The fourth-order valence-electron chi connectivity index (χ4n) is 1.62. The van der Waals surface area contributed by atoms with Gasteiger partial charge in [-0.3, -0.25) is 5.26 Å². The Morgan fingerprint density at radius 3 is 2.27 bits per heavy atom. The van der Waals surface area contributed by atoms with Crippen LogP contribution in [0.3, 0.4) is 0 Å². The van der Waals surface area contributed by atoms with E-state index < -0.39 is 10.1 Å². The van der Waals surface area contributed by atoms with Gasteiger partial charge in [0.25, 0.3) is 0 Å². The van der Waals surface area contributed by atoms with Gasteiger partial charge in [0.1, 0.15) is 4.90 Å². The number of aryl methyl sites for hydroxylation is 1. The van der Waals surface area contributed by atoms with Crippen LogP contribution >= 0.6 is 0 Å². The maximum Gasteiger partial charge on any atom is 0.337 e. The first-order valence-corrected chi connectivity index (χ1v) is 7.25. The van der Waals surface area contributed by atoms with Gasteiger partial charge in [-0.25, -0.2) is 5.26 Å². The van der Waals surface area contributed by atoms with Gasteiger partial charge >= 0.3 is 10.1 Å². The molecule has 2 aromatic rings. The van der Waals surface area contributed by atoms with Crippen LogP contribution in [0.15, 0.2) is 41.3 Å². The van der Waals surface area contributed by atoms with Gasteiger partial charge in [0.2, 0.25) is 0 Å². The second-order valence-electron chi connectivity index (χ2n) is 4.17. The van der Waals surface area contributed by atoms with Crippen LogP contribution in [-0.4, -0.2) is 8.42 Å². The zero-order valence-corrected chi connectivity index (χ0v) is 15.2. The first kappa shape index (κ1) is 18.3. The molecular weight excluding hydrogens is 377 g/mol. The standard InChI is InChI=1S/C15H9N2O3S.Y/c1-11-5-7-13(8-6-11)21(18,19)20-15-4-2-3-12(9-16)14(15)10-17;/h2,4-8H,1H3;/q-1;. The fourth-order valence-corrected chi connectivity index (χ4v) is 2.56. The molecule has 0 fully saturated rings. The number of nitriles is 2. The minimum Gasteiger partial charge on any atom is -0.398 e. The first-order chi connectivity index (χ1) is 9.97. The minimum absolute atomic E-state index is 0. The van der Waals surface area contributed by atoms with E-state index in [4.69, 9.17) is 14.7 Å². The second-order valence-corrected chi connectivity index (χ2v) is 5.71. The van der Waals surface area contributed by atoms with E-state index in [0.717, 1.165) is 5.56 Å². The normalized spacial score (nSPS) is 9.95. The van der Waals surface area contributed by atoms with Crippen molar-refractivity contribution in [1.82, 2.24) is 0 Å². The largest absolute Gasteiger partial charge is 0.398 e. The predicted octanol–water partition coefficient (Wildman–Crippen LogP) is 2.30. The van der Waals surface area contributed by atoms with Crippen molar-refractivity contribution in [3.63, 3.8) is 0 Å². The van der Waals surface area contributed by atoms with Gasteiger partial charge in [-0.05, 0) is 25.1 Å². The molecule has 0 atom stereocenters. The molecule has 1 radical (unpaired) electrons. The zero-order chi connectivity index (χ0) is 15.5. The van der Waals surface area contributed by atoms with Crippen LogP contribution in [0.25, 0.3) is 0 Å². The molecule has 0 aliphatic heterocycles. The molecule has 0 saturated heterocycles. The quantitative estimate of drug-likeness (QED) is 0.596. The Hall–Kier alpha value is -1.73. The number of rotatable bonds is 3. The molecule has 7 heteroatoms. The fraction of sp³-hybridized carbons (Fsp3) is 0.0667. The SMILES string of the molecule is Cc1ccc(S(=O)(=O)Oc2cc[c-]c(C#N)c2C#N)cc1.[Y]. The zero-order valence-electron chi connectivity index (χ0n) is 11.6. The number of nitrogens with zero attached hydrogens (tertiary/aromatic N) is 2. The molecule has 0 unspecified atom stereocenters. The average molecular weight is 386 g/mol. The van der Waals surface area contributed by atoms with E-state index in [0.29, 0.717) is 0 Å². The van der Waals surface area contributed by atoms with Gasteiger partial charge < -0.3 is 4.18 Å². The Morgan fingerprint density at radius 2 is 1.73 bits per heavy atom. The molecule has 0 aliphatic rings. The van der Waals surface area contributed by atoms with Gasteiger partial charge in [0.05, 0.1) is 11.8 Å². The maximum atomic E-state index is 12.2. The van der Waals surface area contributed by atoms with E-state index in [1.165, 1.54) is 24.3 Å². The summed E-state index contributed by atoms with van der Waals surface area (Å²) in [4.78, 5) is -0.0247. The Labute approximate surface area is 154 Å². The monoisotopic (exact) mass is 386 g/mol. The summed E-state index contributed by atoms with van der Waals surface area (Å²) in [5.74, 6) is -0.187. The van der Waals surface area contributed by atoms with E-state index >= 15 is 0 Å². The van der Waals surface area contributed by atoms with Crippen LogP contribution in [-0.2, 0) is 42.8 Å². The summed E-state index contributed by atoms with van der Waals surface area (Å²) in [5.41, 5.74) is 0.692. The molecule has 0 bridgehead atoms. The Bertz CT molecular complexity index is 863. The summed E-state index contributed by atoms with van der Waals surface area (Å²) in [6.45, 7) is 1.83. The van der Waals surface area contributed by atoms with E-state index in [1.54, 1.807) is 24.3 Å². The molecule has 2 aromatic carbocycles. The topological polar surface area (TPSA) is 90.9 Å². The van der Waals surface area contributed by atoms with Crippen molar-refractivity contribution in [2.24, 2.45) is 0 Å². The van der Waals surface area contributed by atoms with E-state index in [9.17, 15) is 8.42 Å². The second kappa shape index (κ2) is 7.51. The molecule has 0 amide bonds. The molecule has 0 heterocycles. The summed E-state index contributed by atoms with van der Waals surface area (Å²) in [6, 6.07) is 14.8. The van der Waals surface area contributed by atoms with Crippen LogP contribution < -0.4 is 4.18 Å². The molecular formula is C15H9N2O3SY-. The van der Waals surface area contributed by atoms with Crippen molar-refractivity contribution in [3.05, 3.63) is 59.2 Å². The molecule has 0 N–H and O–H groups in total. The van der Waals surface area contributed by atoms with Crippen molar-refractivity contribution in [1.29, 1.82) is 10.5 Å². The van der Waals surface area contributed by atoms with Gasteiger partial charge in [-0.15, -0.1) is 12.1 Å². The molecule has 0 aliphatic carbocycles. The molecule has 2 rings (SSSR count). The van der Waals surface area contributed by atoms with Gasteiger partial charge in [-0.1, -0.05) is 29.3 Å². The summed E-state index contributed by atoms with van der Waals surface area (Å²) < 4.78 is 29.3. The Kier molecular flexibility index (Phi) is 6.26.